The molecule has 0 heterocycles. The van der Waals surface area contributed by atoms with E-state index >= 15 is 0 Å². The number of nitrogens with two attached hydrogens (primary N) is 1. The zero-order chi connectivity index (χ0) is 34.7. The third-order valence-electron chi connectivity index (χ3n) is 8.47. The molecule has 0 aliphatic heterocycles. The summed E-state index contributed by atoms with van der Waals surface area (Å²) >= 11 is 0. The Labute approximate surface area is 288 Å². The van der Waals surface area contributed by atoms with Crippen molar-refractivity contribution in [3.05, 3.63) is 0 Å². The van der Waals surface area contributed by atoms with E-state index in [0.717, 1.165) is 32.1 Å². The average molecular weight is 692 g/mol. The molecule has 0 amide bonds. The monoisotopic (exact) mass is 692 g/mol. The smallest absolute Gasteiger partial charge is 0.462 e. The molecule has 0 saturated carbocycles. The number of rotatable bonds is 37. The number of hydrogen-bond acceptors (Lipinski definition) is 8. The molecule has 0 radical (unpaired) electrons. The van der Waals surface area contributed by atoms with Gasteiger partial charge in [-0.3, -0.25) is 18.6 Å². The molecule has 0 aromatic rings. The van der Waals surface area contributed by atoms with Crippen molar-refractivity contribution < 1.29 is 37.6 Å². The maximum Gasteiger partial charge on any atom is 0.472 e. The molecule has 0 aromatic heterocycles. The molecule has 0 aliphatic rings. The van der Waals surface area contributed by atoms with Crippen LogP contribution >= 0.6 is 7.82 Å². The van der Waals surface area contributed by atoms with Gasteiger partial charge in [0.25, 0.3) is 0 Å². The van der Waals surface area contributed by atoms with E-state index in [9.17, 15) is 19.0 Å². The Hall–Kier alpha value is -0.990. The lowest BCUT2D eigenvalue weighted by atomic mass is 10.0. The van der Waals surface area contributed by atoms with Crippen LogP contribution in [0, 0.1) is 0 Å². The van der Waals surface area contributed by atoms with Gasteiger partial charge in [0.05, 0.1) is 13.2 Å². The first-order chi connectivity index (χ1) is 22.8. The van der Waals surface area contributed by atoms with E-state index in [1.807, 2.05) is 0 Å². The summed E-state index contributed by atoms with van der Waals surface area (Å²) in [6.07, 6.45) is 29.7. The highest BCUT2D eigenvalue weighted by molar-refractivity contribution is 7.47. The molecule has 1 unspecified atom stereocenters. The third kappa shape index (κ3) is 34.7. The Morgan fingerprint density at radius 3 is 1.38 bits per heavy atom. The van der Waals surface area contributed by atoms with Crippen LogP contribution in [0.1, 0.15) is 194 Å². The largest absolute Gasteiger partial charge is 0.472 e. The number of phosphoric ester groups is 1. The van der Waals surface area contributed by atoms with Crippen molar-refractivity contribution in [3.63, 3.8) is 0 Å². The van der Waals surface area contributed by atoms with Crippen molar-refractivity contribution >= 4 is 19.8 Å². The summed E-state index contributed by atoms with van der Waals surface area (Å²) in [5, 5.41) is 0. The van der Waals surface area contributed by atoms with Crippen LogP contribution in [0.4, 0.5) is 0 Å². The second-order valence-electron chi connectivity index (χ2n) is 13.2. The summed E-state index contributed by atoms with van der Waals surface area (Å²) in [4.78, 5) is 34.9. The molecule has 0 aromatic carbocycles. The van der Waals surface area contributed by atoms with Gasteiger partial charge < -0.3 is 20.1 Å². The number of carbonyl (C=O) groups is 2. The summed E-state index contributed by atoms with van der Waals surface area (Å²) in [7, 11) is -4.34. The Bertz CT molecular complexity index is 754. The highest BCUT2D eigenvalue weighted by atomic mass is 31.2. The molecule has 0 bridgehead atoms. The first kappa shape index (κ1) is 46.0. The van der Waals surface area contributed by atoms with Crippen LogP contribution in [-0.2, 0) is 32.7 Å². The molecule has 0 saturated heterocycles. The minimum atomic E-state index is -4.34. The quantitative estimate of drug-likeness (QED) is 0.0371. The molecule has 0 fully saturated rings. The standard InChI is InChI=1S/C37H74NO8P/c1-3-5-7-9-11-13-15-17-19-21-23-25-29-36(39)43-33-35(34-45-47(41,42)44-32-28-27-31-38)46-37(40)30-26-24-22-20-18-16-14-12-10-8-6-4-2/h35H,3-34,38H2,1-2H3,(H,41,42)/t35-/m0/s1. The van der Waals surface area contributed by atoms with Gasteiger partial charge in [0.15, 0.2) is 6.10 Å². The predicted molar refractivity (Wildman–Crippen MR) is 192 cm³/mol. The lowest BCUT2D eigenvalue weighted by Gasteiger charge is -2.20. The molecular weight excluding hydrogens is 617 g/mol. The van der Waals surface area contributed by atoms with Crippen LogP contribution in [0.5, 0.6) is 0 Å². The van der Waals surface area contributed by atoms with Gasteiger partial charge in [0.1, 0.15) is 6.61 Å². The fourth-order valence-corrected chi connectivity index (χ4v) is 6.27. The number of esters is 2. The third-order valence-corrected chi connectivity index (χ3v) is 9.46. The second-order valence-corrected chi connectivity index (χ2v) is 14.6. The molecule has 3 N–H and O–H groups in total. The lowest BCUT2D eigenvalue weighted by molar-refractivity contribution is -0.161. The van der Waals surface area contributed by atoms with Crippen LogP contribution in [0.2, 0.25) is 0 Å². The second kappa shape index (κ2) is 34.9. The Balaban J connectivity index is 4.32. The van der Waals surface area contributed by atoms with Gasteiger partial charge >= 0.3 is 19.8 Å². The molecule has 0 aliphatic carbocycles. The van der Waals surface area contributed by atoms with Crippen molar-refractivity contribution in [1.29, 1.82) is 0 Å². The number of phosphoric acid groups is 1. The fraction of sp³-hybridized carbons (Fsp3) is 0.946. The molecule has 10 heteroatoms. The number of carbonyl (C=O) groups excluding carboxylic acids is 2. The van der Waals surface area contributed by atoms with Crippen LogP contribution in [-0.4, -0.2) is 49.3 Å². The van der Waals surface area contributed by atoms with Crippen LogP contribution in [0.3, 0.4) is 0 Å². The van der Waals surface area contributed by atoms with E-state index in [1.165, 1.54) is 116 Å². The topological polar surface area (TPSA) is 134 Å². The maximum atomic E-state index is 12.6. The molecular formula is C37H74NO8P. The first-order valence-corrected chi connectivity index (χ1v) is 21.0. The Kier molecular flexibility index (Phi) is 34.1. The average Bonchev–Trinajstić information content (AvgIpc) is 3.05. The van der Waals surface area contributed by atoms with E-state index in [0.29, 0.717) is 32.2 Å². The SMILES string of the molecule is CCCCCCCCCCCCCCC(=O)OC[C@@H](COP(=O)(O)OCCCCN)OC(=O)CCCCCCCCCCCCCC. The molecule has 0 rings (SSSR count). The minimum absolute atomic E-state index is 0.0302. The van der Waals surface area contributed by atoms with Crippen molar-refractivity contribution in [1.82, 2.24) is 0 Å². The first-order valence-electron chi connectivity index (χ1n) is 19.5. The summed E-state index contributed by atoms with van der Waals surface area (Å²) in [5.41, 5.74) is 5.45. The van der Waals surface area contributed by atoms with Crippen LogP contribution in [0.25, 0.3) is 0 Å². The Morgan fingerprint density at radius 2 is 0.957 bits per heavy atom. The summed E-state index contributed by atoms with van der Waals surface area (Å²) in [5.74, 6) is -0.802. The highest BCUT2D eigenvalue weighted by Crippen LogP contribution is 2.43. The number of ether oxygens (including phenoxy) is 2. The van der Waals surface area contributed by atoms with E-state index < -0.39 is 26.5 Å². The highest BCUT2D eigenvalue weighted by Gasteiger charge is 2.26. The van der Waals surface area contributed by atoms with Gasteiger partial charge in [-0.25, -0.2) is 4.57 Å². The van der Waals surface area contributed by atoms with Crippen LogP contribution < -0.4 is 5.73 Å². The lowest BCUT2D eigenvalue weighted by Crippen LogP contribution is -2.29. The van der Waals surface area contributed by atoms with Gasteiger partial charge in [-0.05, 0) is 32.2 Å². The normalized spacial score (nSPS) is 13.4. The van der Waals surface area contributed by atoms with Gasteiger partial charge in [-0.15, -0.1) is 0 Å². The van der Waals surface area contributed by atoms with Crippen molar-refractivity contribution in [2.75, 3.05) is 26.4 Å². The van der Waals surface area contributed by atoms with Crippen molar-refractivity contribution in [2.24, 2.45) is 5.73 Å². The van der Waals surface area contributed by atoms with Crippen molar-refractivity contribution in [3.8, 4) is 0 Å². The van der Waals surface area contributed by atoms with E-state index in [1.54, 1.807) is 0 Å². The molecule has 280 valence electrons. The van der Waals surface area contributed by atoms with Gasteiger partial charge in [-0.1, -0.05) is 155 Å². The maximum absolute atomic E-state index is 12.6. The number of unbranched alkanes of at least 4 members (excludes halogenated alkanes) is 23. The van der Waals surface area contributed by atoms with E-state index in [-0.39, 0.29) is 25.6 Å². The summed E-state index contributed by atoms with van der Waals surface area (Å²) in [6, 6.07) is 0. The van der Waals surface area contributed by atoms with E-state index in [4.69, 9.17) is 24.3 Å². The zero-order valence-electron chi connectivity index (χ0n) is 30.5. The minimum Gasteiger partial charge on any atom is -0.462 e. The fourth-order valence-electron chi connectivity index (χ4n) is 5.48. The van der Waals surface area contributed by atoms with Gasteiger partial charge in [0.2, 0.25) is 0 Å². The molecule has 47 heavy (non-hydrogen) atoms. The summed E-state index contributed by atoms with van der Waals surface area (Å²) < 4.78 is 33.2. The number of hydrogen-bond donors (Lipinski definition) is 2. The zero-order valence-corrected chi connectivity index (χ0v) is 31.4. The van der Waals surface area contributed by atoms with Crippen LogP contribution in [0.15, 0.2) is 0 Å². The Morgan fingerprint density at radius 1 is 0.553 bits per heavy atom. The van der Waals surface area contributed by atoms with Gasteiger partial charge in [-0.2, -0.15) is 0 Å². The molecule has 2 atom stereocenters. The van der Waals surface area contributed by atoms with Crippen molar-refractivity contribution in [2.45, 2.75) is 200 Å². The van der Waals surface area contributed by atoms with Gasteiger partial charge in [0, 0.05) is 12.8 Å². The summed E-state index contributed by atoms with van der Waals surface area (Å²) in [6.45, 7) is 4.34. The van der Waals surface area contributed by atoms with E-state index in [2.05, 4.69) is 13.8 Å². The molecule has 0 spiro atoms. The molecule has 9 nitrogen and oxygen atoms in total. The predicted octanol–water partition coefficient (Wildman–Crippen LogP) is 10.5.